The van der Waals surface area contributed by atoms with Gasteiger partial charge in [-0.1, -0.05) is 6.07 Å². The molecule has 0 aliphatic heterocycles. The third-order valence-corrected chi connectivity index (χ3v) is 2.92. The molecular weight excluding hydrogens is 178 g/mol. The quantitative estimate of drug-likeness (QED) is 0.790. The van der Waals surface area contributed by atoms with Crippen LogP contribution in [0, 0.1) is 5.41 Å². The summed E-state index contributed by atoms with van der Waals surface area (Å²) in [4.78, 5) is 14.9. The zero-order valence-electron chi connectivity index (χ0n) is 7.94. The van der Waals surface area contributed by atoms with Crippen molar-refractivity contribution in [1.29, 1.82) is 0 Å². The van der Waals surface area contributed by atoms with E-state index in [0.717, 1.165) is 31.2 Å². The number of hydrogen-bond acceptors (Lipinski definition) is 2. The highest BCUT2D eigenvalue weighted by atomic mass is 16.4. The molecule has 3 nitrogen and oxygen atoms in total. The van der Waals surface area contributed by atoms with Gasteiger partial charge in [0.1, 0.15) is 0 Å². The molecule has 1 aliphatic rings. The molecule has 0 radical (unpaired) electrons. The van der Waals surface area contributed by atoms with Gasteiger partial charge in [-0.25, -0.2) is 0 Å². The van der Waals surface area contributed by atoms with Crippen LogP contribution in [0.2, 0.25) is 0 Å². The van der Waals surface area contributed by atoms with E-state index in [4.69, 9.17) is 5.11 Å². The maximum absolute atomic E-state index is 10.9. The molecule has 1 heterocycles. The van der Waals surface area contributed by atoms with Crippen LogP contribution >= 0.6 is 0 Å². The molecule has 1 aromatic rings. The number of carbonyl (C=O) groups is 1. The Hall–Kier alpha value is -1.38. The van der Waals surface area contributed by atoms with Crippen LogP contribution in [0.25, 0.3) is 0 Å². The number of aliphatic carboxylic acids is 1. The molecule has 0 spiro atoms. The van der Waals surface area contributed by atoms with Crippen LogP contribution < -0.4 is 0 Å². The molecule has 0 atom stereocenters. The highest BCUT2D eigenvalue weighted by Crippen LogP contribution is 2.49. The summed E-state index contributed by atoms with van der Waals surface area (Å²) < 4.78 is 0. The van der Waals surface area contributed by atoms with E-state index in [0.29, 0.717) is 0 Å². The highest BCUT2D eigenvalue weighted by molar-refractivity contribution is 5.77. The summed E-state index contributed by atoms with van der Waals surface area (Å²) in [6.45, 7) is 0. The van der Waals surface area contributed by atoms with Gasteiger partial charge in [-0.15, -0.1) is 0 Å². The molecule has 1 aliphatic carbocycles. The molecule has 1 aromatic heterocycles. The molecule has 14 heavy (non-hydrogen) atoms. The number of aromatic nitrogens is 1. The summed E-state index contributed by atoms with van der Waals surface area (Å²) in [6.07, 6.45) is 6.77. The van der Waals surface area contributed by atoms with E-state index in [1.807, 2.05) is 12.1 Å². The fourth-order valence-corrected chi connectivity index (χ4v) is 1.65. The van der Waals surface area contributed by atoms with Crippen molar-refractivity contribution < 1.29 is 9.90 Å². The molecule has 74 valence electrons. The van der Waals surface area contributed by atoms with Gasteiger partial charge in [0.2, 0.25) is 0 Å². The van der Waals surface area contributed by atoms with Crippen LogP contribution in [0.1, 0.15) is 24.8 Å². The first kappa shape index (κ1) is 9.19. The van der Waals surface area contributed by atoms with Crippen molar-refractivity contribution in [2.45, 2.75) is 25.7 Å². The van der Waals surface area contributed by atoms with Crippen molar-refractivity contribution in [1.82, 2.24) is 4.98 Å². The van der Waals surface area contributed by atoms with Gasteiger partial charge >= 0.3 is 5.97 Å². The SMILES string of the molecule is O=C(O)C1(CCc2cccnc2)CC1. The van der Waals surface area contributed by atoms with Gasteiger partial charge in [-0.05, 0) is 37.3 Å². The standard InChI is InChI=1S/C11H13NO2/c13-10(14)11(5-6-11)4-3-9-2-1-7-12-8-9/h1-2,7-8H,3-6H2,(H,13,14). The smallest absolute Gasteiger partial charge is 0.309 e. The Bertz CT molecular complexity index is 330. The van der Waals surface area contributed by atoms with Gasteiger partial charge in [0.05, 0.1) is 5.41 Å². The van der Waals surface area contributed by atoms with Gasteiger partial charge in [0.25, 0.3) is 0 Å². The average Bonchev–Trinajstić information content (AvgIpc) is 2.97. The van der Waals surface area contributed by atoms with Gasteiger partial charge in [0, 0.05) is 12.4 Å². The molecule has 0 bridgehead atoms. The Kier molecular flexibility index (Phi) is 2.23. The summed E-state index contributed by atoms with van der Waals surface area (Å²) in [7, 11) is 0. The number of rotatable bonds is 4. The van der Waals surface area contributed by atoms with E-state index >= 15 is 0 Å². The number of aryl methyl sites for hydroxylation is 1. The van der Waals surface area contributed by atoms with Crippen LogP contribution in [-0.2, 0) is 11.2 Å². The molecule has 0 amide bonds. The molecule has 3 heteroatoms. The lowest BCUT2D eigenvalue weighted by Gasteiger charge is -2.08. The van der Waals surface area contributed by atoms with E-state index in [-0.39, 0.29) is 0 Å². The third kappa shape index (κ3) is 1.76. The van der Waals surface area contributed by atoms with Crippen molar-refractivity contribution >= 4 is 5.97 Å². The summed E-state index contributed by atoms with van der Waals surface area (Å²) in [5, 5.41) is 8.97. The van der Waals surface area contributed by atoms with E-state index < -0.39 is 11.4 Å². The second-order valence-corrected chi connectivity index (χ2v) is 3.95. The minimum Gasteiger partial charge on any atom is -0.481 e. The molecule has 1 fully saturated rings. The van der Waals surface area contributed by atoms with Crippen LogP contribution in [0.5, 0.6) is 0 Å². The fourth-order valence-electron chi connectivity index (χ4n) is 1.65. The molecule has 0 saturated heterocycles. The largest absolute Gasteiger partial charge is 0.481 e. The first-order valence-electron chi connectivity index (χ1n) is 4.85. The predicted molar refractivity (Wildman–Crippen MR) is 51.9 cm³/mol. The third-order valence-electron chi connectivity index (χ3n) is 2.92. The predicted octanol–water partition coefficient (Wildman–Crippen LogP) is 1.88. The topological polar surface area (TPSA) is 50.2 Å². The van der Waals surface area contributed by atoms with Gasteiger partial charge in [-0.2, -0.15) is 0 Å². The minimum absolute atomic E-state index is 0.407. The lowest BCUT2D eigenvalue weighted by atomic mass is 9.98. The lowest BCUT2D eigenvalue weighted by Crippen LogP contribution is -2.15. The maximum atomic E-state index is 10.9. The normalized spacial score (nSPS) is 17.7. The summed E-state index contributed by atoms with van der Waals surface area (Å²) in [6, 6.07) is 3.88. The zero-order valence-corrected chi connectivity index (χ0v) is 7.94. The van der Waals surface area contributed by atoms with Crippen LogP contribution in [0.4, 0.5) is 0 Å². The van der Waals surface area contributed by atoms with Crippen molar-refractivity contribution in [2.75, 3.05) is 0 Å². The Morgan fingerprint density at radius 1 is 1.57 bits per heavy atom. The Morgan fingerprint density at radius 2 is 2.36 bits per heavy atom. The fraction of sp³-hybridized carbons (Fsp3) is 0.455. The monoisotopic (exact) mass is 191 g/mol. The van der Waals surface area contributed by atoms with Crippen LogP contribution in [-0.4, -0.2) is 16.1 Å². The Balaban J connectivity index is 1.92. The molecule has 1 saturated carbocycles. The Labute approximate surface area is 82.8 Å². The van der Waals surface area contributed by atoms with E-state index in [2.05, 4.69) is 4.98 Å². The van der Waals surface area contributed by atoms with Gasteiger partial charge in [-0.3, -0.25) is 9.78 Å². The van der Waals surface area contributed by atoms with Crippen molar-refractivity contribution in [3.8, 4) is 0 Å². The summed E-state index contributed by atoms with van der Waals surface area (Å²) in [5.41, 5.74) is 0.718. The zero-order chi connectivity index (χ0) is 10.0. The average molecular weight is 191 g/mol. The number of pyridine rings is 1. The number of carboxylic acid groups (broad SMARTS) is 1. The number of nitrogens with zero attached hydrogens (tertiary/aromatic N) is 1. The van der Waals surface area contributed by atoms with Gasteiger partial charge < -0.3 is 5.11 Å². The molecule has 0 aromatic carbocycles. The van der Waals surface area contributed by atoms with Crippen molar-refractivity contribution in [2.24, 2.45) is 5.41 Å². The number of carboxylic acids is 1. The molecule has 2 rings (SSSR count). The minimum atomic E-state index is -0.638. The van der Waals surface area contributed by atoms with Gasteiger partial charge in [0.15, 0.2) is 0 Å². The second kappa shape index (κ2) is 3.40. The first-order valence-corrected chi connectivity index (χ1v) is 4.85. The van der Waals surface area contributed by atoms with Crippen LogP contribution in [0.3, 0.4) is 0 Å². The maximum Gasteiger partial charge on any atom is 0.309 e. The lowest BCUT2D eigenvalue weighted by molar-refractivity contribution is -0.143. The Morgan fingerprint density at radius 3 is 2.86 bits per heavy atom. The summed E-state index contributed by atoms with van der Waals surface area (Å²) in [5.74, 6) is -0.638. The van der Waals surface area contributed by atoms with E-state index in [9.17, 15) is 4.79 Å². The van der Waals surface area contributed by atoms with Crippen LogP contribution in [0.15, 0.2) is 24.5 Å². The summed E-state index contributed by atoms with van der Waals surface area (Å²) >= 11 is 0. The molecule has 1 N–H and O–H groups in total. The van der Waals surface area contributed by atoms with E-state index in [1.54, 1.807) is 12.4 Å². The van der Waals surface area contributed by atoms with Crippen molar-refractivity contribution in [3.63, 3.8) is 0 Å². The number of hydrogen-bond donors (Lipinski definition) is 1. The van der Waals surface area contributed by atoms with E-state index in [1.165, 1.54) is 0 Å². The highest BCUT2D eigenvalue weighted by Gasteiger charge is 2.49. The molecule has 0 unspecified atom stereocenters. The van der Waals surface area contributed by atoms with Crippen molar-refractivity contribution in [3.05, 3.63) is 30.1 Å². The second-order valence-electron chi connectivity index (χ2n) is 3.95. The first-order chi connectivity index (χ1) is 6.73. The molecular formula is C11H13NO2.